The largest absolute Gasteiger partial charge is 0.456 e. The van der Waals surface area contributed by atoms with Crippen LogP contribution in [0.25, 0.3) is 22.1 Å². The average molecular weight is 563 g/mol. The van der Waals surface area contributed by atoms with E-state index < -0.39 is 59.4 Å². The molecular formula is C26H29F3N6O5. The number of aromatic amines is 1. The number of halogens is 3. The molecule has 0 spiro atoms. The van der Waals surface area contributed by atoms with Crippen molar-refractivity contribution in [3.63, 3.8) is 0 Å². The molecule has 0 saturated carbocycles. The van der Waals surface area contributed by atoms with Crippen LogP contribution in [0.3, 0.4) is 0 Å². The number of hydrogen-bond donors (Lipinski definition) is 3. The number of fused-ring (bicyclic) bond motifs is 2. The number of H-pyrrole nitrogens is 1. The minimum absolute atomic E-state index is 0.0433. The lowest BCUT2D eigenvalue weighted by molar-refractivity contribution is -0.165. The van der Waals surface area contributed by atoms with E-state index in [1.807, 2.05) is 24.3 Å². The number of aromatic nitrogens is 4. The Hall–Kier alpha value is -4.33. The van der Waals surface area contributed by atoms with Crippen LogP contribution in [-0.2, 0) is 23.8 Å². The lowest BCUT2D eigenvalue weighted by Gasteiger charge is -2.25. The van der Waals surface area contributed by atoms with Crippen molar-refractivity contribution in [2.45, 2.75) is 65.2 Å². The van der Waals surface area contributed by atoms with E-state index in [1.54, 1.807) is 20.8 Å². The molecule has 2 aromatic carbocycles. The first-order valence-electron chi connectivity index (χ1n) is 12.4. The van der Waals surface area contributed by atoms with Gasteiger partial charge in [0, 0.05) is 26.0 Å². The van der Waals surface area contributed by atoms with Crippen molar-refractivity contribution in [3.8, 4) is 0 Å². The van der Waals surface area contributed by atoms with Crippen LogP contribution < -0.4 is 11.1 Å². The number of carbonyl (C=O) groups is 2. The lowest BCUT2D eigenvalue weighted by atomic mass is 10.1. The summed E-state index contributed by atoms with van der Waals surface area (Å²) in [6.45, 7) is 7.52. The summed E-state index contributed by atoms with van der Waals surface area (Å²) >= 11 is 0. The second-order valence-corrected chi connectivity index (χ2v) is 9.48. The minimum Gasteiger partial charge on any atom is -0.456 e. The lowest BCUT2D eigenvalue weighted by Crippen LogP contribution is -2.38. The number of imidazole rings is 2. The molecule has 1 aliphatic heterocycles. The predicted molar refractivity (Wildman–Crippen MR) is 140 cm³/mol. The molecule has 14 heteroatoms. The number of para-hydroxylation sites is 2. The van der Waals surface area contributed by atoms with E-state index in [0.29, 0.717) is 5.95 Å². The molecule has 1 aliphatic rings. The fourth-order valence-electron chi connectivity index (χ4n) is 4.41. The van der Waals surface area contributed by atoms with Gasteiger partial charge in [-0.05, 0) is 32.9 Å². The van der Waals surface area contributed by atoms with E-state index in [1.165, 1.54) is 18.4 Å². The third-order valence-corrected chi connectivity index (χ3v) is 5.93. The van der Waals surface area contributed by atoms with Crippen LogP contribution in [0.1, 0.15) is 40.8 Å². The third-order valence-electron chi connectivity index (χ3n) is 5.93. The third kappa shape index (κ3) is 5.81. The van der Waals surface area contributed by atoms with E-state index in [4.69, 9.17) is 19.9 Å². The van der Waals surface area contributed by atoms with Gasteiger partial charge in [0.15, 0.2) is 41.8 Å². The Bertz CT molecular complexity index is 1520. The summed E-state index contributed by atoms with van der Waals surface area (Å²) in [5.41, 5.74) is 6.78. The van der Waals surface area contributed by atoms with E-state index >= 15 is 0 Å². The van der Waals surface area contributed by atoms with E-state index in [-0.39, 0.29) is 17.5 Å². The minimum atomic E-state index is -1.65. The number of nitrogens with zero attached hydrogens (tertiary/aromatic N) is 3. The Kier molecular flexibility index (Phi) is 8.18. The molecule has 214 valence electrons. The maximum Gasteiger partial charge on any atom is 0.303 e. The number of carbonyl (C=O) groups excluding carboxylic acids is 2. The van der Waals surface area contributed by atoms with Crippen molar-refractivity contribution in [2.24, 2.45) is 0 Å². The summed E-state index contributed by atoms with van der Waals surface area (Å²) in [6.07, 6.45) is -3.98. The second-order valence-electron chi connectivity index (χ2n) is 9.48. The van der Waals surface area contributed by atoms with Gasteiger partial charge in [-0.25, -0.2) is 23.1 Å². The molecule has 0 amide bonds. The Balaban J connectivity index is 0.000000307. The molecule has 3 heterocycles. The van der Waals surface area contributed by atoms with Crippen LogP contribution >= 0.6 is 0 Å². The van der Waals surface area contributed by atoms with Crippen LogP contribution in [0.5, 0.6) is 0 Å². The monoisotopic (exact) mass is 562 g/mol. The molecule has 5 rings (SSSR count). The average Bonchev–Trinajstić information content (AvgIpc) is 3.50. The highest BCUT2D eigenvalue weighted by Gasteiger charge is 2.49. The molecule has 40 heavy (non-hydrogen) atoms. The highest BCUT2D eigenvalue weighted by atomic mass is 19.2. The zero-order valence-corrected chi connectivity index (χ0v) is 22.4. The second kappa shape index (κ2) is 11.4. The quantitative estimate of drug-likeness (QED) is 0.241. The van der Waals surface area contributed by atoms with E-state index in [9.17, 15) is 22.8 Å². The fourth-order valence-corrected chi connectivity index (χ4v) is 4.41. The molecule has 11 nitrogen and oxygen atoms in total. The summed E-state index contributed by atoms with van der Waals surface area (Å²) < 4.78 is 59.9. The SMILES string of the molecule is CC(=O)O[C@@H]1[C@H](OC(C)=O)[C@@H](C)O[C@H]1n1c(NC(C)C)nc2c(F)c(F)c(F)cc21.Nc1nc2ccccc2[nH]1. The number of nitrogens with one attached hydrogen (secondary N) is 2. The van der Waals surface area contributed by atoms with Crippen LogP contribution in [0, 0.1) is 17.5 Å². The highest BCUT2D eigenvalue weighted by Crippen LogP contribution is 2.39. The van der Waals surface area contributed by atoms with E-state index in [0.717, 1.165) is 17.1 Å². The van der Waals surface area contributed by atoms with Gasteiger partial charge in [-0.1, -0.05) is 12.1 Å². The first-order chi connectivity index (χ1) is 18.9. The highest BCUT2D eigenvalue weighted by molar-refractivity contribution is 5.80. The summed E-state index contributed by atoms with van der Waals surface area (Å²) in [5.74, 6) is -5.30. The molecule has 0 unspecified atom stereocenters. The van der Waals surface area contributed by atoms with Crippen LogP contribution in [0.4, 0.5) is 25.1 Å². The van der Waals surface area contributed by atoms with Crippen LogP contribution in [0.2, 0.25) is 0 Å². The summed E-state index contributed by atoms with van der Waals surface area (Å²) in [7, 11) is 0. The van der Waals surface area contributed by atoms with Gasteiger partial charge in [0.25, 0.3) is 0 Å². The molecule has 2 aromatic heterocycles. The van der Waals surface area contributed by atoms with Gasteiger partial charge in [-0.15, -0.1) is 0 Å². The van der Waals surface area contributed by atoms with Crippen molar-refractivity contribution >= 4 is 45.9 Å². The molecule has 1 fully saturated rings. The van der Waals surface area contributed by atoms with Gasteiger partial charge < -0.3 is 30.2 Å². The molecule has 0 radical (unpaired) electrons. The van der Waals surface area contributed by atoms with E-state index in [2.05, 4.69) is 20.3 Å². The number of esters is 2. The molecule has 1 saturated heterocycles. The standard InChI is InChI=1S/C19H22F3N3O5.C7H7N3/c1-7(2)23-19-24-15-12(6-11(20)13(21)14(15)22)25(19)18-17(30-10(5)27)16(8(3)28-18)29-9(4)26;8-7-9-5-3-1-2-4-6(5)10-7/h6-8,16-18H,1-5H3,(H,23,24);1-4H,(H3,8,9,10)/t8-,16-,17-,18-;/m1./s1. The molecule has 0 aliphatic carbocycles. The summed E-state index contributed by atoms with van der Waals surface area (Å²) in [5, 5.41) is 2.96. The van der Waals surface area contributed by atoms with Crippen molar-refractivity contribution in [3.05, 3.63) is 47.8 Å². The summed E-state index contributed by atoms with van der Waals surface area (Å²) in [6, 6.07) is 8.34. The molecular weight excluding hydrogens is 533 g/mol. The van der Waals surface area contributed by atoms with Gasteiger partial charge in [0.2, 0.25) is 5.95 Å². The number of nitrogens with two attached hydrogens (primary N) is 1. The number of rotatable bonds is 5. The number of hydrogen-bond acceptors (Lipinski definition) is 9. The smallest absolute Gasteiger partial charge is 0.303 e. The zero-order valence-electron chi connectivity index (χ0n) is 22.4. The van der Waals surface area contributed by atoms with Gasteiger partial charge in [0.1, 0.15) is 5.52 Å². The molecule has 4 N–H and O–H groups in total. The van der Waals surface area contributed by atoms with Crippen molar-refractivity contribution in [1.29, 1.82) is 0 Å². The predicted octanol–water partition coefficient (Wildman–Crippen LogP) is 4.20. The summed E-state index contributed by atoms with van der Waals surface area (Å²) in [4.78, 5) is 34.3. The van der Waals surface area contributed by atoms with Crippen LogP contribution in [-0.4, -0.2) is 55.8 Å². The van der Waals surface area contributed by atoms with Crippen molar-refractivity contribution < 1.29 is 37.0 Å². The zero-order chi connectivity index (χ0) is 29.3. The maximum atomic E-state index is 14.4. The van der Waals surface area contributed by atoms with Crippen LogP contribution in [0.15, 0.2) is 30.3 Å². The Morgan fingerprint density at radius 1 is 1.07 bits per heavy atom. The maximum absolute atomic E-state index is 14.4. The van der Waals surface area contributed by atoms with Gasteiger partial charge >= 0.3 is 11.9 Å². The number of ether oxygens (including phenoxy) is 3. The first-order valence-corrected chi connectivity index (χ1v) is 12.4. The Morgan fingerprint density at radius 3 is 2.35 bits per heavy atom. The Labute approximate surface area is 226 Å². The first kappa shape index (κ1) is 28.7. The van der Waals surface area contributed by atoms with Gasteiger partial charge in [-0.3, -0.25) is 14.2 Å². The van der Waals surface area contributed by atoms with Gasteiger partial charge in [-0.2, -0.15) is 0 Å². The molecule has 4 aromatic rings. The van der Waals surface area contributed by atoms with Crippen molar-refractivity contribution in [2.75, 3.05) is 11.1 Å². The Morgan fingerprint density at radius 2 is 1.73 bits per heavy atom. The topological polar surface area (TPSA) is 146 Å². The fraction of sp³-hybridized carbons (Fsp3) is 0.385. The normalized spacial score (nSPS) is 20.4. The molecule has 0 bridgehead atoms. The number of benzene rings is 2. The van der Waals surface area contributed by atoms with Crippen molar-refractivity contribution in [1.82, 2.24) is 19.5 Å². The number of nitrogen functional groups attached to an aromatic ring is 1. The number of anilines is 2. The molecule has 4 atom stereocenters. The van der Waals surface area contributed by atoms with Gasteiger partial charge in [0.05, 0.1) is 22.7 Å².